The normalized spacial score (nSPS) is 10.9. The lowest BCUT2D eigenvalue weighted by atomic mass is 10.1. The molecule has 0 atom stereocenters. The van der Waals surface area contributed by atoms with Gasteiger partial charge in [-0.2, -0.15) is 0 Å². The highest BCUT2D eigenvalue weighted by Crippen LogP contribution is 2.31. The first-order valence-corrected chi connectivity index (χ1v) is 11.1. The number of hydrogen-bond acceptors (Lipinski definition) is 5. The number of ether oxygens (including phenoxy) is 2. The number of carbonyl (C=O) groups excluding carboxylic acids is 1. The first kappa shape index (κ1) is 22.2. The molecule has 0 bridgehead atoms. The number of aromatic nitrogens is 2. The molecule has 0 aliphatic heterocycles. The molecular formula is C28H23N3O4. The summed E-state index contributed by atoms with van der Waals surface area (Å²) < 4.78 is 13.2. The van der Waals surface area contributed by atoms with Gasteiger partial charge in [-0.1, -0.05) is 30.3 Å². The van der Waals surface area contributed by atoms with Gasteiger partial charge in [0.15, 0.2) is 16.9 Å². The number of amides is 1. The van der Waals surface area contributed by atoms with Crippen molar-refractivity contribution in [1.82, 2.24) is 9.55 Å². The van der Waals surface area contributed by atoms with E-state index in [9.17, 15) is 9.59 Å². The molecule has 0 fully saturated rings. The van der Waals surface area contributed by atoms with Crippen LogP contribution in [0.25, 0.3) is 21.8 Å². The highest BCUT2D eigenvalue weighted by molar-refractivity contribution is 5.97. The Hall–Kier alpha value is -4.65. The van der Waals surface area contributed by atoms with E-state index in [2.05, 4.69) is 10.3 Å². The Morgan fingerprint density at radius 2 is 1.63 bits per heavy atom. The molecule has 1 amide bonds. The predicted molar refractivity (Wildman–Crippen MR) is 136 cm³/mol. The number of fused-ring (bicyclic) bond motifs is 2. The molecule has 2 heterocycles. The highest BCUT2D eigenvalue weighted by Gasteiger charge is 2.14. The van der Waals surface area contributed by atoms with E-state index < -0.39 is 0 Å². The van der Waals surface area contributed by atoms with Gasteiger partial charge in [0.2, 0.25) is 5.91 Å². The Balaban J connectivity index is 1.42. The molecule has 0 saturated carbocycles. The zero-order valence-electron chi connectivity index (χ0n) is 19.1. The van der Waals surface area contributed by atoms with E-state index in [-0.39, 0.29) is 17.9 Å². The number of nitrogens with zero attached hydrogens (tertiary/aromatic N) is 2. The van der Waals surface area contributed by atoms with Crippen LogP contribution in [0.5, 0.6) is 11.5 Å². The van der Waals surface area contributed by atoms with Crippen molar-refractivity contribution in [3.05, 3.63) is 107 Å². The lowest BCUT2D eigenvalue weighted by Gasteiger charge is -2.16. The van der Waals surface area contributed by atoms with Crippen molar-refractivity contribution in [3.63, 3.8) is 0 Å². The number of benzene rings is 3. The molecule has 3 aromatic carbocycles. The summed E-state index contributed by atoms with van der Waals surface area (Å²) in [6, 6.07) is 23.7. The van der Waals surface area contributed by atoms with Crippen LogP contribution in [0.4, 0.5) is 5.69 Å². The number of anilines is 1. The van der Waals surface area contributed by atoms with Crippen LogP contribution in [0.1, 0.15) is 5.56 Å². The SMILES string of the molecule is COc1ccc(NC(=O)Cn2c3ccccc3c(=O)c3ccccc32)cc1OCc1cccnc1. The summed E-state index contributed by atoms with van der Waals surface area (Å²) >= 11 is 0. The van der Waals surface area contributed by atoms with Crippen LogP contribution in [0.3, 0.4) is 0 Å². The molecule has 1 N–H and O–H groups in total. The summed E-state index contributed by atoms with van der Waals surface area (Å²) in [5, 5.41) is 4.10. The van der Waals surface area contributed by atoms with Crippen molar-refractivity contribution in [3.8, 4) is 11.5 Å². The van der Waals surface area contributed by atoms with Crippen molar-refractivity contribution in [2.45, 2.75) is 13.2 Å². The van der Waals surface area contributed by atoms with Crippen molar-refractivity contribution in [2.24, 2.45) is 0 Å². The van der Waals surface area contributed by atoms with E-state index in [1.807, 2.05) is 53.1 Å². The molecule has 0 radical (unpaired) electrons. The number of hydrogen-bond donors (Lipinski definition) is 1. The fraction of sp³-hybridized carbons (Fsp3) is 0.107. The van der Waals surface area contributed by atoms with E-state index in [1.54, 1.807) is 49.8 Å². The predicted octanol–water partition coefficient (Wildman–Crippen LogP) is 4.78. The van der Waals surface area contributed by atoms with Gasteiger partial charge in [-0.15, -0.1) is 0 Å². The zero-order valence-corrected chi connectivity index (χ0v) is 19.1. The quantitative estimate of drug-likeness (QED) is 0.350. The van der Waals surface area contributed by atoms with E-state index >= 15 is 0 Å². The van der Waals surface area contributed by atoms with Crippen LogP contribution in [-0.4, -0.2) is 22.6 Å². The highest BCUT2D eigenvalue weighted by atomic mass is 16.5. The standard InChI is InChI=1S/C28H23N3O4/c1-34-25-13-12-20(15-26(25)35-18-19-7-6-14-29-16-19)30-27(32)17-31-23-10-4-2-8-21(23)28(33)22-9-3-5-11-24(22)31/h2-16H,17-18H2,1H3,(H,30,32). The summed E-state index contributed by atoms with van der Waals surface area (Å²) in [5.41, 5.74) is 2.87. The van der Waals surface area contributed by atoms with Gasteiger partial charge in [0.25, 0.3) is 0 Å². The minimum Gasteiger partial charge on any atom is -0.493 e. The minimum atomic E-state index is -0.229. The molecule has 0 spiro atoms. The Morgan fingerprint density at radius 1 is 0.914 bits per heavy atom. The van der Waals surface area contributed by atoms with Crippen molar-refractivity contribution < 1.29 is 14.3 Å². The van der Waals surface area contributed by atoms with Crippen LogP contribution in [0.2, 0.25) is 0 Å². The van der Waals surface area contributed by atoms with Gasteiger partial charge in [0.05, 0.1) is 18.1 Å². The number of methoxy groups -OCH3 is 1. The molecule has 35 heavy (non-hydrogen) atoms. The maximum Gasteiger partial charge on any atom is 0.244 e. The summed E-state index contributed by atoms with van der Waals surface area (Å²) in [6.45, 7) is 0.357. The number of pyridine rings is 2. The lowest BCUT2D eigenvalue weighted by molar-refractivity contribution is -0.116. The van der Waals surface area contributed by atoms with Crippen molar-refractivity contribution in [1.29, 1.82) is 0 Å². The maximum atomic E-state index is 13.1. The first-order chi connectivity index (χ1) is 17.1. The lowest BCUT2D eigenvalue weighted by Crippen LogP contribution is -2.21. The first-order valence-electron chi connectivity index (χ1n) is 11.1. The molecule has 0 saturated heterocycles. The number of para-hydroxylation sites is 2. The molecule has 174 valence electrons. The van der Waals surface area contributed by atoms with Gasteiger partial charge in [0, 0.05) is 40.5 Å². The van der Waals surface area contributed by atoms with E-state index in [0.717, 1.165) is 5.56 Å². The summed E-state index contributed by atoms with van der Waals surface area (Å²) in [6.07, 6.45) is 3.44. The van der Waals surface area contributed by atoms with Crippen molar-refractivity contribution >= 4 is 33.4 Å². The summed E-state index contributed by atoms with van der Waals surface area (Å²) in [7, 11) is 1.57. The molecule has 7 nitrogen and oxygen atoms in total. The number of nitrogens with one attached hydrogen (secondary N) is 1. The number of rotatable bonds is 7. The minimum absolute atomic E-state index is 0.0409. The van der Waals surface area contributed by atoms with Gasteiger partial charge in [-0.3, -0.25) is 14.6 Å². The smallest absolute Gasteiger partial charge is 0.244 e. The van der Waals surface area contributed by atoms with Gasteiger partial charge < -0.3 is 19.4 Å². The Kier molecular flexibility index (Phi) is 6.13. The van der Waals surface area contributed by atoms with E-state index in [0.29, 0.717) is 45.6 Å². The fourth-order valence-electron chi connectivity index (χ4n) is 4.10. The van der Waals surface area contributed by atoms with Crippen LogP contribution in [0, 0.1) is 0 Å². The molecule has 0 aliphatic carbocycles. The zero-order chi connectivity index (χ0) is 24.2. The molecular weight excluding hydrogens is 442 g/mol. The van der Waals surface area contributed by atoms with Crippen LogP contribution in [0.15, 0.2) is 96.1 Å². The second kappa shape index (κ2) is 9.69. The fourth-order valence-corrected chi connectivity index (χ4v) is 4.10. The Labute approximate surface area is 201 Å². The Bertz CT molecular complexity index is 1520. The summed E-state index contributed by atoms with van der Waals surface area (Å²) in [4.78, 5) is 30.1. The molecule has 0 unspecified atom stereocenters. The summed E-state index contributed by atoms with van der Waals surface area (Å²) in [5.74, 6) is 0.838. The van der Waals surface area contributed by atoms with Gasteiger partial charge in [0.1, 0.15) is 13.2 Å². The second-order valence-electron chi connectivity index (χ2n) is 8.01. The third-order valence-corrected chi connectivity index (χ3v) is 5.75. The average Bonchev–Trinajstić information content (AvgIpc) is 2.90. The van der Waals surface area contributed by atoms with Gasteiger partial charge in [-0.05, 0) is 42.5 Å². The third kappa shape index (κ3) is 4.56. The molecule has 5 aromatic rings. The van der Waals surface area contributed by atoms with Gasteiger partial charge >= 0.3 is 0 Å². The average molecular weight is 466 g/mol. The third-order valence-electron chi connectivity index (χ3n) is 5.75. The van der Waals surface area contributed by atoms with E-state index in [1.165, 1.54) is 0 Å². The van der Waals surface area contributed by atoms with Gasteiger partial charge in [-0.25, -0.2) is 0 Å². The van der Waals surface area contributed by atoms with Crippen LogP contribution in [-0.2, 0) is 17.9 Å². The topological polar surface area (TPSA) is 82.5 Å². The molecule has 2 aromatic heterocycles. The van der Waals surface area contributed by atoms with E-state index in [4.69, 9.17) is 9.47 Å². The van der Waals surface area contributed by atoms with Crippen LogP contribution < -0.4 is 20.2 Å². The largest absolute Gasteiger partial charge is 0.493 e. The number of carbonyl (C=O) groups is 1. The molecule has 7 heteroatoms. The maximum absolute atomic E-state index is 13.1. The van der Waals surface area contributed by atoms with Crippen molar-refractivity contribution in [2.75, 3.05) is 12.4 Å². The second-order valence-corrected chi connectivity index (χ2v) is 8.01. The molecule has 0 aliphatic rings. The monoisotopic (exact) mass is 465 g/mol. The Morgan fingerprint density at radius 3 is 2.29 bits per heavy atom. The van der Waals surface area contributed by atoms with Crippen LogP contribution >= 0.6 is 0 Å². The molecule has 5 rings (SSSR count).